The van der Waals surface area contributed by atoms with Crippen LogP contribution in [0.25, 0.3) is 6.08 Å². The number of hydrogen-bond donors (Lipinski definition) is 1. The average molecular weight is 344 g/mol. The van der Waals surface area contributed by atoms with Gasteiger partial charge >= 0.3 is 0 Å². The first-order valence-corrected chi connectivity index (χ1v) is 8.35. The molecule has 2 rings (SSSR count). The Kier molecular flexibility index (Phi) is 6.70. The molecular weight excluding hydrogens is 320 g/mol. The Balaban J connectivity index is 2.28. The van der Waals surface area contributed by atoms with Crippen LogP contribution in [0.2, 0.25) is 0 Å². The minimum absolute atomic E-state index is 0.0380. The highest BCUT2D eigenvalue weighted by molar-refractivity contribution is 6.02. The molecule has 1 aromatic carbocycles. The van der Waals surface area contributed by atoms with E-state index in [4.69, 9.17) is 14.2 Å². The third-order valence-electron chi connectivity index (χ3n) is 4.34. The quantitative estimate of drug-likeness (QED) is 0.634. The summed E-state index contributed by atoms with van der Waals surface area (Å²) in [4.78, 5) is 12.4. The van der Waals surface area contributed by atoms with Gasteiger partial charge in [-0.15, -0.1) is 0 Å². The van der Waals surface area contributed by atoms with Crippen molar-refractivity contribution in [1.82, 2.24) is 5.32 Å². The summed E-state index contributed by atoms with van der Waals surface area (Å²) in [5.41, 5.74) is 0.617. The molecule has 1 saturated carbocycles. The number of benzene rings is 1. The summed E-state index contributed by atoms with van der Waals surface area (Å²) in [6, 6.07) is 5.47. The second kappa shape index (κ2) is 8.97. The normalized spacial score (nSPS) is 15.2. The van der Waals surface area contributed by atoms with Crippen LogP contribution in [0.1, 0.15) is 37.7 Å². The third-order valence-corrected chi connectivity index (χ3v) is 4.34. The predicted octanol–water partition coefficient (Wildman–Crippen LogP) is 3.07. The highest BCUT2D eigenvalue weighted by atomic mass is 16.5. The molecule has 0 unspecified atom stereocenters. The van der Waals surface area contributed by atoms with Crippen molar-refractivity contribution in [1.29, 1.82) is 5.26 Å². The van der Waals surface area contributed by atoms with Crippen molar-refractivity contribution >= 4 is 12.0 Å². The van der Waals surface area contributed by atoms with Crippen LogP contribution in [0.4, 0.5) is 0 Å². The molecule has 1 N–H and O–H groups in total. The number of hydrogen-bond acceptors (Lipinski definition) is 5. The largest absolute Gasteiger partial charge is 0.496 e. The van der Waals surface area contributed by atoms with Crippen LogP contribution in [0.3, 0.4) is 0 Å². The summed E-state index contributed by atoms with van der Waals surface area (Å²) in [5, 5.41) is 12.4. The van der Waals surface area contributed by atoms with Crippen LogP contribution in [0.5, 0.6) is 17.2 Å². The van der Waals surface area contributed by atoms with Gasteiger partial charge in [0.25, 0.3) is 5.91 Å². The van der Waals surface area contributed by atoms with E-state index < -0.39 is 0 Å². The lowest BCUT2D eigenvalue weighted by molar-refractivity contribution is -0.117. The molecule has 1 aliphatic rings. The van der Waals surface area contributed by atoms with Gasteiger partial charge in [0.05, 0.1) is 21.3 Å². The molecule has 0 radical (unpaired) electrons. The smallest absolute Gasteiger partial charge is 0.262 e. The molecule has 134 valence electrons. The van der Waals surface area contributed by atoms with Gasteiger partial charge in [-0.25, -0.2) is 0 Å². The zero-order valence-electron chi connectivity index (χ0n) is 14.9. The Morgan fingerprint density at radius 2 is 1.68 bits per heavy atom. The molecule has 1 fully saturated rings. The Hall–Kier alpha value is -2.68. The maximum Gasteiger partial charge on any atom is 0.262 e. The molecule has 25 heavy (non-hydrogen) atoms. The van der Waals surface area contributed by atoms with Crippen molar-refractivity contribution in [2.24, 2.45) is 0 Å². The number of ether oxygens (including phenoxy) is 3. The molecule has 0 heterocycles. The monoisotopic (exact) mass is 344 g/mol. The van der Waals surface area contributed by atoms with Gasteiger partial charge in [-0.2, -0.15) is 5.26 Å². The van der Waals surface area contributed by atoms with E-state index >= 15 is 0 Å². The van der Waals surface area contributed by atoms with Crippen molar-refractivity contribution in [3.8, 4) is 23.3 Å². The number of carbonyl (C=O) groups excluding carboxylic acids is 1. The highest BCUT2D eigenvalue weighted by Gasteiger charge is 2.19. The lowest BCUT2D eigenvalue weighted by atomic mass is 9.95. The van der Waals surface area contributed by atoms with Crippen molar-refractivity contribution in [2.45, 2.75) is 38.1 Å². The van der Waals surface area contributed by atoms with Gasteiger partial charge < -0.3 is 19.5 Å². The molecular formula is C19H24N2O4. The van der Waals surface area contributed by atoms with Crippen molar-refractivity contribution in [3.05, 3.63) is 23.3 Å². The Labute approximate surface area is 148 Å². The molecule has 0 aliphatic heterocycles. The van der Waals surface area contributed by atoms with Gasteiger partial charge in [-0.1, -0.05) is 19.3 Å². The minimum Gasteiger partial charge on any atom is -0.496 e. The predicted molar refractivity (Wildman–Crippen MR) is 94.7 cm³/mol. The summed E-state index contributed by atoms with van der Waals surface area (Å²) in [6.07, 6.45) is 6.86. The molecule has 1 aromatic rings. The molecule has 0 bridgehead atoms. The summed E-state index contributed by atoms with van der Waals surface area (Å²) < 4.78 is 15.9. The second-order valence-corrected chi connectivity index (χ2v) is 5.93. The number of amides is 1. The molecule has 6 nitrogen and oxygen atoms in total. The molecule has 0 spiro atoms. The van der Waals surface area contributed by atoms with E-state index in [1.807, 2.05) is 6.07 Å². The SMILES string of the molecule is COc1cc(OC)c(OC)cc1/C=C(\C#N)C(=O)NC1CCCCC1. The third kappa shape index (κ3) is 4.66. The second-order valence-electron chi connectivity index (χ2n) is 5.93. The van der Waals surface area contributed by atoms with E-state index in [-0.39, 0.29) is 17.5 Å². The zero-order chi connectivity index (χ0) is 18.2. The number of nitrogens with zero attached hydrogens (tertiary/aromatic N) is 1. The molecule has 1 aliphatic carbocycles. The fraction of sp³-hybridized carbons (Fsp3) is 0.474. The molecule has 0 atom stereocenters. The van der Waals surface area contributed by atoms with Crippen LogP contribution >= 0.6 is 0 Å². The maximum absolute atomic E-state index is 12.4. The fourth-order valence-corrected chi connectivity index (χ4v) is 2.98. The maximum atomic E-state index is 12.4. The summed E-state index contributed by atoms with van der Waals surface area (Å²) in [7, 11) is 4.58. The number of carbonyl (C=O) groups is 1. The van der Waals surface area contributed by atoms with Crippen LogP contribution in [-0.4, -0.2) is 33.3 Å². The Morgan fingerprint density at radius 3 is 2.24 bits per heavy atom. The number of rotatable bonds is 6. The lowest BCUT2D eigenvalue weighted by Gasteiger charge is -2.22. The standard InChI is InChI=1S/C19H24N2O4/c1-23-16-11-18(25-3)17(24-2)10-13(16)9-14(12-20)19(22)21-15-7-5-4-6-8-15/h9-11,15H,4-8H2,1-3H3,(H,21,22)/b14-9+. The van der Waals surface area contributed by atoms with Crippen LogP contribution in [-0.2, 0) is 4.79 Å². The number of nitriles is 1. The molecule has 1 amide bonds. The first kappa shape index (κ1) is 18.7. The fourth-order valence-electron chi connectivity index (χ4n) is 2.98. The topological polar surface area (TPSA) is 80.6 Å². The Morgan fingerprint density at radius 1 is 1.08 bits per heavy atom. The molecule has 0 aromatic heterocycles. The summed E-state index contributed by atoms with van der Waals surface area (Å²) >= 11 is 0. The lowest BCUT2D eigenvalue weighted by Crippen LogP contribution is -2.36. The van der Waals surface area contributed by atoms with Crippen molar-refractivity contribution < 1.29 is 19.0 Å². The van der Waals surface area contributed by atoms with E-state index in [0.717, 1.165) is 25.7 Å². The van der Waals surface area contributed by atoms with Crippen molar-refractivity contribution in [2.75, 3.05) is 21.3 Å². The Bertz CT molecular complexity index is 685. The summed E-state index contributed by atoms with van der Waals surface area (Å²) in [6.45, 7) is 0. The first-order valence-electron chi connectivity index (χ1n) is 8.35. The zero-order valence-corrected chi connectivity index (χ0v) is 14.9. The number of nitrogens with one attached hydrogen (secondary N) is 1. The van der Waals surface area contributed by atoms with E-state index in [9.17, 15) is 10.1 Å². The van der Waals surface area contributed by atoms with E-state index in [1.165, 1.54) is 33.8 Å². The van der Waals surface area contributed by atoms with E-state index in [1.54, 1.807) is 12.1 Å². The first-order chi connectivity index (χ1) is 12.1. The van der Waals surface area contributed by atoms with Crippen molar-refractivity contribution in [3.63, 3.8) is 0 Å². The van der Waals surface area contributed by atoms with Crippen LogP contribution in [0.15, 0.2) is 17.7 Å². The van der Waals surface area contributed by atoms with E-state index in [0.29, 0.717) is 22.8 Å². The van der Waals surface area contributed by atoms with Gasteiger partial charge in [0, 0.05) is 17.7 Å². The van der Waals surface area contributed by atoms with E-state index in [2.05, 4.69) is 5.32 Å². The van der Waals surface area contributed by atoms with Gasteiger partial charge in [0.15, 0.2) is 11.5 Å². The van der Waals surface area contributed by atoms with Gasteiger partial charge in [-0.05, 0) is 25.0 Å². The van der Waals surface area contributed by atoms with Crippen LogP contribution in [0, 0.1) is 11.3 Å². The van der Waals surface area contributed by atoms with Gasteiger partial charge in [0.2, 0.25) is 0 Å². The van der Waals surface area contributed by atoms with Crippen LogP contribution < -0.4 is 19.5 Å². The molecule has 0 saturated heterocycles. The van der Waals surface area contributed by atoms with Gasteiger partial charge in [0.1, 0.15) is 17.4 Å². The minimum atomic E-state index is -0.355. The number of methoxy groups -OCH3 is 3. The average Bonchev–Trinajstić information content (AvgIpc) is 2.66. The highest BCUT2D eigenvalue weighted by Crippen LogP contribution is 2.35. The summed E-state index contributed by atoms with van der Waals surface area (Å²) in [5.74, 6) is 1.16. The molecule has 6 heteroatoms. The van der Waals surface area contributed by atoms with Gasteiger partial charge in [-0.3, -0.25) is 4.79 Å².